The number of imidazole rings is 1. The molecule has 1 aliphatic heterocycles. The molecule has 9 nitrogen and oxygen atoms in total. The van der Waals surface area contributed by atoms with E-state index in [2.05, 4.69) is 27.2 Å². The molecule has 148 valence electrons. The molecule has 1 fully saturated rings. The third kappa shape index (κ3) is 4.55. The summed E-state index contributed by atoms with van der Waals surface area (Å²) in [5.74, 6) is 0.0738. The molecule has 0 saturated carbocycles. The number of aliphatic hydroxyl groups excluding tert-OH is 2. The van der Waals surface area contributed by atoms with Gasteiger partial charge < -0.3 is 20.3 Å². The maximum absolute atomic E-state index is 12.2. The molecular formula is C17H24ClN5O4. The average molecular weight is 398 g/mol. The number of hydrogen-bond donors (Lipinski definition) is 3. The molecule has 1 aliphatic rings. The molecule has 0 radical (unpaired) electrons. The number of nitrogens with zero attached hydrogens (tertiary/aromatic N) is 4. The van der Waals surface area contributed by atoms with Gasteiger partial charge in [-0.15, -0.1) is 0 Å². The van der Waals surface area contributed by atoms with Crippen LogP contribution >= 0.6 is 11.6 Å². The van der Waals surface area contributed by atoms with Crippen LogP contribution in [0, 0.1) is 0 Å². The van der Waals surface area contributed by atoms with E-state index in [1.165, 1.54) is 6.33 Å². The van der Waals surface area contributed by atoms with Gasteiger partial charge in [-0.05, 0) is 18.0 Å². The SMILES string of the molecule is CCCCCCC(=O)Nc1nc(Cl)nc2c1ncn2C1OC(CO)CC1O. The van der Waals surface area contributed by atoms with Crippen LogP contribution in [-0.2, 0) is 9.53 Å². The normalized spacial score (nSPS) is 22.4. The first-order valence-corrected chi connectivity index (χ1v) is 9.55. The van der Waals surface area contributed by atoms with Crippen molar-refractivity contribution in [2.45, 2.75) is 63.9 Å². The Morgan fingerprint density at radius 2 is 2.22 bits per heavy atom. The van der Waals surface area contributed by atoms with Gasteiger partial charge in [0.2, 0.25) is 11.2 Å². The highest BCUT2D eigenvalue weighted by atomic mass is 35.5. The molecule has 10 heteroatoms. The molecule has 3 N–H and O–H groups in total. The van der Waals surface area contributed by atoms with E-state index in [1.54, 1.807) is 4.57 Å². The molecule has 0 bridgehead atoms. The van der Waals surface area contributed by atoms with Gasteiger partial charge in [-0.25, -0.2) is 4.98 Å². The minimum atomic E-state index is -0.815. The number of unbranched alkanes of at least 4 members (excludes halogenated alkanes) is 3. The van der Waals surface area contributed by atoms with Crippen LogP contribution in [0.3, 0.4) is 0 Å². The fourth-order valence-electron chi connectivity index (χ4n) is 3.17. The van der Waals surface area contributed by atoms with Crippen molar-refractivity contribution in [2.24, 2.45) is 0 Å². The number of hydrogen-bond acceptors (Lipinski definition) is 7. The van der Waals surface area contributed by atoms with Crippen LogP contribution in [0.5, 0.6) is 0 Å². The summed E-state index contributed by atoms with van der Waals surface area (Å²) >= 11 is 6.02. The van der Waals surface area contributed by atoms with Gasteiger partial charge in [-0.2, -0.15) is 9.97 Å². The number of fused-ring (bicyclic) bond motifs is 1. The number of aromatic nitrogens is 4. The van der Waals surface area contributed by atoms with Crippen LogP contribution in [0.4, 0.5) is 5.82 Å². The van der Waals surface area contributed by atoms with Gasteiger partial charge in [0.05, 0.1) is 19.0 Å². The number of rotatable bonds is 8. The zero-order valence-electron chi connectivity index (χ0n) is 15.1. The lowest BCUT2D eigenvalue weighted by molar-refractivity contribution is -0.116. The van der Waals surface area contributed by atoms with Crippen molar-refractivity contribution in [3.8, 4) is 0 Å². The zero-order valence-corrected chi connectivity index (χ0v) is 15.9. The number of aliphatic hydroxyl groups is 2. The molecule has 1 amide bonds. The molecule has 2 aromatic heterocycles. The van der Waals surface area contributed by atoms with Crippen molar-refractivity contribution >= 4 is 34.5 Å². The summed E-state index contributed by atoms with van der Waals surface area (Å²) < 4.78 is 7.19. The van der Waals surface area contributed by atoms with E-state index in [0.717, 1.165) is 25.7 Å². The lowest BCUT2D eigenvalue weighted by Gasteiger charge is -2.16. The summed E-state index contributed by atoms with van der Waals surface area (Å²) in [5.41, 5.74) is 0.712. The average Bonchev–Trinajstić information content (AvgIpc) is 3.21. The van der Waals surface area contributed by atoms with Gasteiger partial charge in [0.25, 0.3) is 0 Å². The molecule has 0 aliphatic carbocycles. The summed E-state index contributed by atoms with van der Waals surface area (Å²) in [6.07, 6.45) is 4.16. The lowest BCUT2D eigenvalue weighted by atomic mass is 10.1. The quantitative estimate of drug-likeness (QED) is 0.460. The highest BCUT2D eigenvalue weighted by Crippen LogP contribution is 2.32. The highest BCUT2D eigenvalue weighted by molar-refractivity contribution is 6.28. The predicted octanol–water partition coefficient (Wildman–Crippen LogP) is 2.03. The van der Waals surface area contributed by atoms with E-state index in [9.17, 15) is 15.0 Å². The molecule has 27 heavy (non-hydrogen) atoms. The third-order valence-electron chi connectivity index (χ3n) is 4.55. The monoisotopic (exact) mass is 397 g/mol. The fraction of sp³-hybridized carbons (Fsp3) is 0.647. The Hall–Kier alpha value is -1.81. The Labute approximate surface area is 161 Å². The van der Waals surface area contributed by atoms with Crippen LogP contribution in [0.25, 0.3) is 11.2 Å². The topological polar surface area (TPSA) is 122 Å². The van der Waals surface area contributed by atoms with Crippen LogP contribution in [0.15, 0.2) is 6.33 Å². The zero-order chi connectivity index (χ0) is 19.4. The molecular weight excluding hydrogens is 374 g/mol. The summed E-state index contributed by atoms with van der Waals surface area (Å²) in [7, 11) is 0. The molecule has 0 aromatic carbocycles. The van der Waals surface area contributed by atoms with Gasteiger partial charge in [0.1, 0.15) is 6.10 Å². The number of carbonyl (C=O) groups excluding carboxylic acids is 1. The second kappa shape index (κ2) is 8.92. The van der Waals surface area contributed by atoms with Crippen molar-refractivity contribution in [1.82, 2.24) is 19.5 Å². The Morgan fingerprint density at radius 1 is 1.41 bits per heavy atom. The van der Waals surface area contributed by atoms with Gasteiger partial charge in [0, 0.05) is 12.8 Å². The largest absolute Gasteiger partial charge is 0.394 e. The number of amides is 1. The Bertz CT molecular complexity index is 799. The van der Waals surface area contributed by atoms with Crippen molar-refractivity contribution in [1.29, 1.82) is 0 Å². The van der Waals surface area contributed by atoms with Crippen molar-refractivity contribution < 1.29 is 19.7 Å². The Morgan fingerprint density at radius 3 is 2.93 bits per heavy atom. The van der Waals surface area contributed by atoms with E-state index >= 15 is 0 Å². The first-order valence-electron chi connectivity index (χ1n) is 9.17. The number of halogens is 1. The van der Waals surface area contributed by atoms with Gasteiger partial charge in [-0.1, -0.05) is 26.2 Å². The molecule has 0 spiro atoms. The standard InChI is InChI=1S/C17H24ClN5O4/c1-2-3-4-5-6-12(26)20-14-13-15(22-17(18)21-14)23(9-19-13)16-11(25)7-10(8-24)27-16/h9-11,16,24-25H,2-8H2,1H3,(H,20,21,22,26). The molecule has 3 unspecified atom stereocenters. The van der Waals surface area contributed by atoms with E-state index in [4.69, 9.17) is 16.3 Å². The second-order valence-electron chi connectivity index (χ2n) is 6.66. The van der Waals surface area contributed by atoms with Crippen molar-refractivity contribution in [3.05, 3.63) is 11.6 Å². The number of carbonyl (C=O) groups is 1. The van der Waals surface area contributed by atoms with Gasteiger partial charge >= 0.3 is 0 Å². The highest BCUT2D eigenvalue weighted by Gasteiger charge is 2.36. The third-order valence-corrected chi connectivity index (χ3v) is 4.72. The van der Waals surface area contributed by atoms with E-state index in [1.807, 2.05) is 0 Å². The minimum Gasteiger partial charge on any atom is -0.394 e. The van der Waals surface area contributed by atoms with Crippen LogP contribution < -0.4 is 5.32 Å². The summed E-state index contributed by atoms with van der Waals surface area (Å²) in [5, 5.41) is 22.2. The van der Waals surface area contributed by atoms with Crippen molar-refractivity contribution in [2.75, 3.05) is 11.9 Å². The van der Waals surface area contributed by atoms with E-state index in [0.29, 0.717) is 24.0 Å². The maximum atomic E-state index is 12.2. The molecule has 1 saturated heterocycles. The Balaban J connectivity index is 1.80. The summed E-state index contributed by atoms with van der Waals surface area (Å²) in [6.45, 7) is 1.93. The maximum Gasteiger partial charge on any atom is 0.226 e. The van der Waals surface area contributed by atoms with Crippen molar-refractivity contribution in [3.63, 3.8) is 0 Å². The molecule has 3 rings (SSSR count). The smallest absolute Gasteiger partial charge is 0.226 e. The number of anilines is 1. The fourth-order valence-corrected chi connectivity index (χ4v) is 3.33. The first kappa shape index (κ1) is 19.9. The van der Waals surface area contributed by atoms with E-state index in [-0.39, 0.29) is 23.6 Å². The predicted molar refractivity (Wildman–Crippen MR) is 99.3 cm³/mol. The Kier molecular flexibility index (Phi) is 6.59. The lowest BCUT2D eigenvalue weighted by Crippen LogP contribution is -2.19. The number of ether oxygens (including phenoxy) is 1. The van der Waals surface area contributed by atoms with Crippen LogP contribution in [-0.4, -0.2) is 54.5 Å². The van der Waals surface area contributed by atoms with Crippen LogP contribution in [0.2, 0.25) is 5.28 Å². The van der Waals surface area contributed by atoms with E-state index < -0.39 is 18.4 Å². The summed E-state index contributed by atoms with van der Waals surface area (Å²) in [4.78, 5) is 24.7. The molecule has 3 atom stereocenters. The summed E-state index contributed by atoms with van der Waals surface area (Å²) in [6, 6.07) is 0. The number of nitrogens with one attached hydrogen (secondary N) is 1. The minimum absolute atomic E-state index is 0.0447. The van der Waals surface area contributed by atoms with Gasteiger partial charge in [-0.3, -0.25) is 9.36 Å². The van der Waals surface area contributed by atoms with Gasteiger partial charge in [0.15, 0.2) is 23.2 Å². The second-order valence-corrected chi connectivity index (χ2v) is 7.00. The first-order chi connectivity index (χ1) is 13.0. The molecule has 3 heterocycles. The molecule has 2 aromatic rings. The van der Waals surface area contributed by atoms with Crippen LogP contribution in [0.1, 0.15) is 51.7 Å².